The lowest BCUT2D eigenvalue weighted by atomic mass is 9.84. The fraction of sp³-hybridized carbons (Fsp3) is 0.235. The summed E-state index contributed by atoms with van der Waals surface area (Å²) in [6, 6.07) is 13.8. The summed E-state index contributed by atoms with van der Waals surface area (Å²) in [5.41, 5.74) is 1.02. The van der Waals surface area contributed by atoms with E-state index in [2.05, 4.69) is 5.32 Å². The van der Waals surface area contributed by atoms with Gasteiger partial charge in [0.1, 0.15) is 29.5 Å². The van der Waals surface area contributed by atoms with Crippen molar-refractivity contribution < 1.29 is 13.9 Å². The second kappa shape index (κ2) is 5.20. The second-order valence-corrected chi connectivity index (χ2v) is 5.38. The summed E-state index contributed by atoms with van der Waals surface area (Å²) in [7, 11) is 0. The number of Topliss-reactive ketones (excluding diaryl/α,β-unsaturated/α-hetero) is 1. The molecule has 0 aliphatic carbocycles. The molecule has 0 saturated carbocycles. The molecule has 2 aromatic carbocycles. The highest BCUT2D eigenvalue weighted by atomic mass is 19.1. The van der Waals surface area contributed by atoms with E-state index < -0.39 is 5.54 Å². The number of hydrogen-bond donors (Lipinski definition) is 1. The van der Waals surface area contributed by atoms with Gasteiger partial charge in [0.15, 0.2) is 0 Å². The summed E-state index contributed by atoms with van der Waals surface area (Å²) in [5, 5.41) is 3.41. The molecule has 2 aromatic rings. The predicted molar refractivity (Wildman–Crippen MR) is 78.9 cm³/mol. The molecule has 0 bridgehead atoms. The van der Waals surface area contributed by atoms with Crippen molar-refractivity contribution in [2.24, 2.45) is 0 Å². The van der Waals surface area contributed by atoms with E-state index in [-0.39, 0.29) is 18.0 Å². The molecule has 1 heterocycles. The fourth-order valence-corrected chi connectivity index (χ4v) is 2.74. The Bertz CT molecular complexity index is 669. The highest BCUT2D eigenvalue weighted by molar-refractivity contribution is 5.78. The molecule has 0 spiro atoms. The third-order valence-electron chi connectivity index (χ3n) is 3.68. The quantitative estimate of drug-likeness (QED) is 0.938. The molecule has 1 N–H and O–H groups in total. The Morgan fingerprint density at radius 3 is 2.67 bits per heavy atom. The molecular formula is C17H16FNO2. The van der Waals surface area contributed by atoms with Gasteiger partial charge in [0.25, 0.3) is 0 Å². The van der Waals surface area contributed by atoms with E-state index in [0.717, 1.165) is 17.0 Å². The molecule has 0 saturated heterocycles. The molecule has 0 fully saturated rings. The van der Waals surface area contributed by atoms with E-state index in [1.807, 2.05) is 24.3 Å². The number of fused-ring (bicyclic) bond motifs is 1. The van der Waals surface area contributed by atoms with E-state index in [0.29, 0.717) is 6.61 Å². The molecule has 21 heavy (non-hydrogen) atoms. The number of halogens is 1. The van der Waals surface area contributed by atoms with Crippen molar-refractivity contribution in [3.63, 3.8) is 0 Å². The summed E-state index contributed by atoms with van der Waals surface area (Å²) in [5.74, 6) is 0.516. The Labute approximate surface area is 122 Å². The molecule has 1 aliphatic heterocycles. The molecule has 0 aromatic heterocycles. The van der Waals surface area contributed by atoms with Gasteiger partial charge >= 0.3 is 0 Å². The van der Waals surface area contributed by atoms with E-state index in [1.165, 1.54) is 12.1 Å². The van der Waals surface area contributed by atoms with Crippen LogP contribution in [0.5, 0.6) is 5.75 Å². The molecule has 108 valence electrons. The lowest BCUT2D eigenvalue weighted by Gasteiger charge is -2.39. The van der Waals surface area contributed by atoms with Crippen LogP contribution in [-0.4, -0.2) is 12.4 Å². The van der Waals surface area contributed by atoms with Crippen LogP contribution in [0.2, 0.25) is 0 Å². The summed E-state index contributed by atoms with van der Waals surface area (Å²) in [6.45, 7) is 1.88. The van der Waals surface area contributed by atoms with Crippen molar-refractivity contribution in [3.8, 4) is 5.75 Å². The van der Waals surface area contributed by atoms with Crippen molar-refractivity contribution in [2.45, 2.75) is 18.9 Å². The minimum absolute atomic E-state index is 0.0507. The van der Waals surface area contributed by atoms with Crippen molar-refractivity contribution in [1.29, 1.82) is 0 Å². The maximum absolute atomic E-state index is 13.2. The topological polar surface area (TPSA) is 38.3 Å². The SMILES string of the molecule is CC(=O)C[C@]1(c2ccc(F)cc2)COc2ccccc2N1. The molecular weight excluding hydrogens is 269 g/mol. The molecule has 4 heteroatoms. The van der Waals surface area contributed by atoms with Gasteiger partial charge in [0.05, 0.1) is 5.69 Å². The zero-order chi connectivity index (χ0) is 14.9. The molecule has 3 nitrogen and oxygen atoms in total. The van der Waals surface area contributed by atoms with Gasteiger partial charge in [-0.3, -0.25) is 4.79 Å². The molecule has 0 amide bonds. The van der Waals surface area contributed by atoms with Crippen LogP contribution in [0, 0.1) is 5.82 Å². The first-order valence-corrected chi connectivity index (χ1v) is 6.85. The average molecular weight is 285 g/mol. The first-order valence-electron chi connectivity index (χ1n) is 6.85. The van der Waals surface area contributed by atoms with Gasteiger partial charge in [-0.2, -0.15) is 0 Å². The van der Waals surface area contributed by atoms with E-state index in [9.17, 15) is 9.18 Å². The first kappa shape index (κ1) is 13.6. The van der Waals surface area contributed by atoms with Crippen LogP contribution in [0.3, 0.4) is 0 Å². The number of ketones is 1. The number of anilines is 1. The number of carbonyl (C=O) groups excluding carboxylic acids is 1. The van der Waals surface area contributed by atoms with Gasteiger partial charge < -0.3 is 10.1 Å². The van der Waals surface area contributed by atoms with Gasteiger partial charge in [-0.25, -0.2) is 4.39 Å². The number of ether oxygens (including phenoxy) is 1. The van der Waals surface area contributed by atoms with Gasteiger partial charge in [0.2, 0.25) is 0 Å². The van der Waals surface area contributed by atoms with Crippen LogP contribution in [0.1, 0.15) is 18.9 Å². The van der Waals surface area contributed by atoms with Crippen molar-refractivity contribution in [3.05, 3.63) is 59.9 Å². The Balaban J connectivity index is 2.03. The number of hydrogen-bond acceptors (Lipinski definition) is 3. The Kier molecular flexibility index (Phi) is 3.37. The highest BCUT2D eigenvalue weighted by Gasteiger charge is 2.38. The normalized spacial score (nSPS) is 20.1. The second-order valence-electron chi connectivity index (χ2n) is 5.38. The lowest BCUT2D eigenvalue weighted by molar-refractivity contribution is -0.118. The standard InChI is InChI=1S/C17H16FNO2/c1-12(20)10-17(13-6-8-14(18)9-7-13)11-21-16-5-3-2-4-15(16)19-17/h2-9,19H,10-11H2,1H3/t17-/m1/s1. The monoisotopic (exact) mass is 285 g/mol. The van der Waals surface area contributed by atoms with Crippen molar-refractivity contribution in [2.75, 3.05) is 11.9 Å². The Hall–Kier alpha value is -2.36. The number of carbonyl (C=O) groups is 1. The number of rotatable bonds is 3. The smallest absolute Gasteiger partial charge is 0.142 e. The average Bonchev–Trinajstić information content (AvgIpc) is 2.47. The fourth-order valence-electron chi connectivity index (χ4n) is 2.74. The zero-order valence-electron chi connectivity index (χ0n) is 11.7. The van der Waals surface area contributed by atoms with Crippen LogP contribution < -0.4 is 10.1 Å². The maximum atomic E-state index is 13.2. The van der Waals surface area contributed by atoms with E-state index in [4.69, 9.17) is 4.74 Å². The van der Waals surface area contributed by atoms with Crippen molar-refractivity contribution >= 4 is 11.5 Å². The summed E-state index contributed by atoms with van der Waals surface area (Å²) >= 11 is 0. The molecule has 1 aliphatic rings. The Morgan fingerprint density at radius 2 is 1.95 bits per heavy atom. The minimum Gasteiger partial charge on any atom is -0.489 e. The van der Waals surface area contributed by atoms with Crippen LogP contribution in [-0.2, 0) is 10.3 Å². The largest absolute Gasteiger partial charge is 0.489 e. The summed E-state index contributed by atoms with van der Waals surface area (Å²) < 4.78 is 19.0. The van der Waals surface area contributed by atoms with Crippen LogP contribution in [0.4, 0.5) is 10.1 Å². The van der Waals surface area contributed by atoms with E-state index in [1.54, 1.807) is 19.1 Å². The van der Waals surface area contributed by atoms with Crippen LogP contribution in [0.15, 0.2) is 48.5 Å². The van der Waals surface area contributed by atoms with Crippen LogP contribution in [0.25, 0.3) is 0 Å². The van der Waals surface area contributed by atoms with Crippen molar-refractivity contribution in [1.82, 2.24) is 0 Å². The first-order chi connectivity index (χ1) is 10.1. The van der Waals surface area contributed by atoms with Crippen LogP contribution >= 0.6 is 0 Å². The number of para-hydroxylation sites is 2. The van der Waals surface area contributed by atoms with Gasteiger partial charge in [0, 0.05) is 6.42 Å². The van der Waals surface area contributed by atoms with Gasteiger partial charge in [-0.1, -0.05) is 24.3 Å². The molecule has 0 unspecified atom stereocenters. The number of nitrogens with one attached hydrogen (secondary N) is 1. The third kappa shape index (κ3) is 2.61. The van der Waals surface area contributed by atoms with Gasteiger partial charge in [-0.15, -0.1) is 0 Å². The van der Waals surface area contributed by atoms with E-state index >= 15 is 0 Å². The predicted octanol–water partition coefficient (Wildman–Crippen LogP) is 3.50. The van der Waals surface area contributed by atoms with Gasteiger partial charge in [-0.05, 0) is 36.8 Å². The summed E-state index contributed by atoms with van der Waals surface area (Å²) in [6.07, 6.45) is 0.285. The molecule has 0 radical (unpaired) electrons. The third-order valence-corrected chi connectivity index (χ3v) is 3.68. The molecule has 3 rings (SSSR count). The maximum Gasteiger partial charge on any atom is 0.142 e. The summed E-state index contributed by atoms with van der Waals surface area (Å²) in [4.78, 5) is 11.7. The Morgan fingerprint density at radius 1 is 1.24 bits per heavy atom. The lowest BCUT2D eigenvalue weighted by Crippen LogP contribution is -2.45. The minimum atomic E-state index is -0.659. The molecule has 1 atom stereocenters. The highest BCUT2D eigenvalue weighted by Crippen LogP contribution is 2.39. The zero-order valence-corrected chi connectivity index (χ0v) is 11.7. The number of benzene rings is 2.